The van der Waals surface area contributed by atoms with Gasteiger partial charge in [-0.25, -0.2) is 23.5 Å². The number of anilines is 1. The van der Waals surface area contributed by atoms with Crippen molar-refractivity contribution in [2.45, 2.75) is 18.9 Å². The van der Waals surface area contributed by atoms with Gasteiger partial charge in [-0.2, -0.15) is 0 Å². The van der Waals surface area contributed by atoms with Gasteiger partial charge in [-0.1, -0.05) is 0 Å². The number of imide groups is 1. The normalized spacial score (nSPS) is 18.9. The van der Waals surface area contributed by atoms with Crippen LogP contribution in [-0.4, -0.2) is 36.5 Å². The Bertz CT molecular complexity index is 510. The van der Waals surface area contributed by atoms with Crippen molar-refractivity contribution in [3.05, 3.63) is 18.3 Å². The van der Waals surface area contributed by atoms with Crippen LogP contribution >= 0.6 is 0 Å². The molecular weight excluding hydrogens is 260 g/mol. The fourth-order valence-electron chi connectivity index (χ4n) is 1.81. The van der Waals surface area contributed by atoms with Crippen molar-refractivity contribution < 1.29 is 23.1 Å². The van der Waals surface area contributed by atoms with E-state index >= 15 is 0 Å². The number of hydrogen-bond acceptors (Lipinski definition) is 4. The molecule has 0 bridgehead atoms. The molecule has 2 rings (SSSR count). The average Bonchev–Trinajstić information content (AvgIpc) is 2.64. The fourth-order valence-corrected chi connectivity index (χ4v) is 1.81. The molecule has 1 aromatic heterocycles. The number of amides is 3. The zero-order valence-electron chi connectivity index (χ0n) is 9.97. The first-order valence-electron chi connectivity index (χ1n) is 5.46. The van der Waals surface area contributed by atoms with Gasteiger partial charge in [0.2, 0.25) is 12.3 Å². The summed E-state index contributed by atoms with van der Waals surface area (Å²) in [5.74, 6) is -0.666. The van der Waals surface area contributed by atoms with E-state index in [0.717, 1.165) is 4.90 Å². The predicted octanol–water partition coefficient (Wildman–Crippen LogP) is 1.17. The second-order valence-corrected chi connectivity index (χ2v) is 3.83. The maximum absolute atomic E-state index is 12.3. The van der Waals surface area contributed by atoms with Crippen LogP contribution in [-0.2, 0) is 4.79 Å². The van der Waals surface area contributed by atoms with Crippen LogP contribution < -0.4 is 15.0 Å². The third kappa shape index (κ3) is 2.47. The molecule has 1 aliphatic rings. The summed E-state index contributed by atoms with van der Waals surface area (Å²) < 4.78 is 29.5. The molecule has 1 unspecified atom stereocenters. The summed E-state index contributed by atoms with van der Waals surface area (Å²) in [5, 5.41) is 2.21. The molecule has 1 saturated heterocycles. The standard InChI is InChI=1S/C11H11F2N3O3/c1-19-9-7(3-2-4-14-9)16-10(17)6(5-8(12)13)15-11(16)18/h2-4,6,8H,5H2,1H3,(H,15,18). The molecule has 1 fully saturated rings. The fraction of sp³-hybridized carbons (Fsp3) is 0.364. The summed E-state index contributed by atoms with van der Waals surface area (Å²) in [7, 11) is 1.33. The minimum absolute atomic E-state index is 0.0729. The van der Waals surface area contributed by atoms with Crippen LogP contribution in [0.5, 0.6) is 5.88 Å². The monoisotopic (exact) mass is 271 g/mol. The number of aromatic nitrogens is 1. The molecule has 0 spiro atoms. The van der Waals surface area contributed by atoms with E-state index in [0.29, 0.717) is 0 Å². The Morgan fingerprint density at radius 2 is 2.26 bits per heavy atom. The summed E-state index contributed by atoms with van der Waals surface area (Å²) in [5.41, 5.74) is 0.129. The summed E-state index contributed by atoms with van der Waals surface area (Å²) in [6.07, 6.45) is -1.97. The van der Waals surface area contributed by atoms with E-state index in [9.17, 15) is 18.4 Å². The molecule has 1 N–H and O–H groups in total. The number of halogens is 2. The molecule has 0 aliphatic carbocycles. The van der Waals surface area contributed by atoms with Crippen molar-refractivity contribution in [3.63, 3.8) is 0 Å². The van der Waals surface area contributed by atoms with Crippen LogP contribution in [0, 0.1) is 0 Å². The Hall–Kier alpha value is -2.25. The van der Waals surface area contributed by atoms with Gasteiger partial charge in [-0.15, -0.1) is 0 Å². The van der Waals surface area contributed by atoms with Crippen molar-refractivity contribution in [2.24, 2.45) is 0 Å². The highest BCUT2D eigenvalue weighted by atomic mass is 19.3. The highest BCUT2D eigenvalue weighted by molar-refractivity contribution is 6.21. The third-order valence-corrected chi connectivity index (χ3v) is 2.62. The number of carbonyl (C=O) groups is 2. The topological polar surface area (TPSA) is 71.5 Å². The molecule has 0 aromatic carbocycles. The van der Waals surface area contributed by atoms with Crippen molar-refractivity contribution in [3.8, 4) is 5.88 Å². The van der Waals surface area contributed by atoms with Crippen LogP contribution in [0.25, 0.3) is 0 Å². The van der Waals surface area contributed by atoms with E-state index in [2.05, 4.69) is 10.3 Å². The molecule has 1 aromatic rings. The molecule has 1 atom stereocenters. The molecule has 2 heterocycles. The number of nitrogens with zero attached hydrogens (tertiary/aromatic N) is 2. The second kappa shape index (κ2) is 5.17. The Labute approximate surface area is 107 Å². The minimum Gasteiger partial charge on any atom is -0.479 e. The first-order valence-corrected chi connectivity index (χ1v) is 5.46. The van der Waals surface area contributed by atoms with Gasteiger partial charge in [-0.05, 0) is 12.1 Å². The van der Waals surface area contributed by atoms with Crippen LogP contribution in [0.3, 0.4) is 0 Å². The van der Waals surface area contributed by atoms with E-state index in [1.165, 1.54) is 25.4 Å². The van der Waals surface area contributed by atoms with Crippen LogP contribution in [0.4, 0.5) is 19.3 Å². The summed E-state index contributed by atoms with van der Waals surface area (Å²) >= 11 is 0. The quantitative estimate of drug-likeness (QED) is 0.834. The van der Waals surface area contributed by atoms with Gasteiger partial charge in [0, 0.05) is 12.6 Å². The summed E-state index contributed by atoms with van der Waals surface area (Å²) in [6.45, 7) is 0. The summed E-state index contributed by atoms with van der Waals surface area (Å²) in [4.78, 5) is 28.3. The Kier molecular flexibility index (Phi) is 3.59. The SMILES string of the molecule is COc1ncccc1N1C(=O)NC(CC(F)F)C1=O. The first-order chi connectivity index (χ1) is 9.04. The van der Waals surface area contributed by atoms with Crippen molar-refractivity contribution in [1.82, 2.24) is 10.3 Å². The Balaban J connectivity index is 2.30. The third-order valence-electron chi connectivity index (χ3n) is 2.62. The number of rotatable bonds is 4. The van der Waals surface area contributed by atoms with Gasteiger partial charge in [0.25, 0.3) is 5.91 Å². The highest BCUT2D eigenvalue weighted by Crippen LogP contribution is 2.28. The molecule has 0 radical (unpaired) electrons. The number of urea groups is 1. The van der Waals surface area contributed by atoms with Crippen LogP contribution in [0.1, 0.15) is 6.42 Å². The number of methoxy groups -OCH3 is 1. The average molecular weight is 271 g/mol. The van der Waals surface area contributed by atoms with E-state index < -0.39 is 30.8 Å². The summed E-state index contributed by atoms with van der Waals surface area (Å²) in [6, 6.07) is 0.978. The molecule has 6 nitrogen and oxygen atoms in total. The van der Waals surface area contributed by atoms with Crippen molar-refractivity contribution in [1.29, 1.82) is 0 Å². The zero-order valence-corrected chi connectivity index (χ0v) is 9.97. The maximum atomic E-state index is 12.3. The number of pyridine rings is 1. The van der Waals surface area contributed by atoms with Gasteiger partial charge in [0.1, 0.15) is 11.7 Å². The number of ether oxygens (including phenoxy) is 1. The van der Waals surface area contributed by atoms with E-state index in [1.807, 2.05) is 0 Å². The van der Waals surface area contributed by atoms with Crippen molar-refractivity contribution >= 4 is 17.6 Å². The molecule has 102 valence electrons. The molecule has 19 heavy (non-hydrogen) atoms. The Morgan fingerprint density at radius 3 is 2.89 bits per heavy atom. The number of hydrogen-bond donors (Lipinski definition) is 1. The molecule has 1 aliphatic heterocycles. The maximum Gasteiger partial charge on any atom is 0.329 e. The lowest BCUT2D eigenvalue weighted by atomic mass is 10.2. The van der Waals surface area contributed by atoms with Crippen molar-refractivity contribution in [2.75, 3.05) is 12.0 Å². The lowest BCUT2D eigenvalue weighted by Crippen LogP contribution is -2.32. The van der Waals surface area contributed by atoms with E-state index in [1.54, 1.807) is 0 Å². The van der Waals surface area contributed by atoms with Gasteiger partial charge in [0.05, 0.1) is 7.11 Å². The largest absolute Gasteiger partial charge is 0.479 e. The molecule has 3 amide bonds. The number of carbonyl (C=O) groups excluding carboxylic acids is 2. The van der Waals surface area contributed by atoms with Crippen LogP contribution in [0.15, 0.2) is 18.3 Å². The van der Waals surface area contributed by atoms with E-state index in [-0.39, 0.29) is 11.6 Å². The number of nitrogens with one attached hydrogen (secondary N) is 1. The molecule has 8 heteroatoms. The number of alkyl halides is 2. The Morgan fingerprint density at radius 1 is 1.53 bits per heavy atom. The smallest absolute Gasteiger partial charge is 0.329 e. The van der Waals surface area contributed by atoms with E-state index in [4.69, 9.17) is 4.74 Å². The lowest BCUT2D eigenvalue weighted by molar-refractivity contribution is -0.119. The first kappa shape index (κ1) is 13.2. The minimum atomic E-state index is -2.68. The van der Waals surface area contributed by atoms with Gasteiger partial charge >= 0.3 is 6.03 Å². The lowest BCUT2D eigenvalue weighted by Gasteiger charge is -2.15. The predicted molar refractivity (Wildman–Crippen MR) is 61.2 cm³/mol. The van der Waals surface area contributed by atoms with Crippen LogP contribution in [0.2, 0.25) is 0 Å². The van der Waals surface area contributed by atoms with Gasteiger partial charge in [-0.3, -0.25) is 4.79 Å². The van der Waals surface area contributed by atoms with Gasteiger partial charge < -0.3 is 10.1 Å². The zero-order chi connectivity index (χ0) is 14.0. The highest BCUT2D eigenvalue weighted by Gasteiger charge is 2.41. The van der Waals surface area contributed by atoms with Gasteiger partial charge in [0.15, 0.2) is 0 Å². The molecular formula is C11H11F2N3O3. The second-order valence-electron chi connectivity index (χ2n) is 3.83. The molecule has 0 saturated carbocycles.